The number of esters is 1. The van der Waals surface area contributed by atoms with Crippen molar-refractivity contribution in [1.82, 2.24) is 0 Å². The second-order valence-electron chi connectivity index (χ2n) is 4.06. The van der Waals surface area contributed by atoms with E-state index in [1.165, 1.54) is 30.0 Å². The average Bonchev–Trinajstić information content (AvgIpc) is 2.71. The van der Waals surface area contributed by atoms with Crippen LogP contribution in [0.3, 0.4) is 0 Å². The number of rotatable bonds is 2. The minimum Gasteiger partial charge on any atom is -0.466 e. The predicted molar refractivity (Wildman–Crippen MR) is 69.4 cm³/mol. The number of ether oxygens (including phenoxy) is 1. The molecule has 4 heteroatoms. The molecular weight excluding hydrogens is 234 g/mol. The molecule has 0 saturated heterocycles. The van der Waals surface area contributed by atoms with Crippen molar-refractivity contribution >= 4 is 17.7 Å². The maximum absolute atomic E-state index is 11.5. The van der Waals surface area contributed by atoms with Gasteiger partial charge in [-0.2, -0.15) is 0 Å². The van der Waals surface area contributed by atoms with E-state index in [4.69, 9.17) is 10.5 Å². The van der Waals surface area contributed by atoms with Gasteiger partial charge in [-0.3, -0.25) is 0 Å². The van der Waals surface area contributed by atoms with Crippen LogP contribution < -0.4 is 5.73 Å². The Bertz CT molecular complexity index is 465. The zero-order chi connectivity index (χ0) is 12.4. The summed E-state index contributed by atoms with van der Waals surface area (Å²) in [6.45, 7) is 2.05. The van der Waals surface area contributed by atoms with Crippen molar-refractivity contribution < 1.29 is 9.53 Å². The Morgan fingerprint density at radius 1 is 1.41 bits per heavy atom. The lowest BCUT2D eigenvalue weighted by Gasteiger charge is -2.09. The van der Waals surface area contributed by atoms with Crippen LogP contribution in [0.1, 0.15) is 22.8 Å². The molecule has 3 nitrogen and oxygen atoms in total. The number of thioether (sulfide) groups is 1. The SMILES string of the molecule is COC(=O)C1=C(N)SC(c2ccc(C)cc2)C1. The predicted octanol–water partition coefficient (Wildman–Crippen LogP) is 2.52. The first kappa shape index (κ1) is 12.0. The van der Waals surface area contributed by atoms with Crippen LogP contribution in [0, 0.1) is 6.92 Å². The molecule has 2 N–H and O–H groups in total. The smallest absolute Gasteiger partial charge is 0.336 e. The molecule has 0 spiro atoms. The quantitative estimate of drug-likeness (QED) is 0.818. The third-order valence-electron chi connectivity index (χ3n) is 2.84. The molecule has 1 aromatic carbocycles. The summed E-state index contributed by atoms with van der Waals surface area (Å²) < 4.78 is 4.72. The summed E-state index contributed by atoms with van der Waals surface area (Å²) in [5.74, 6) is -0.315. The van der Waals surface area contributed by atoms with Crippen LogP contribution in [0.15, 0.2) is 34.9 Å². The van der Waals surface area contributed by atoms with Crippen LogP contribution in [0.5, 0.6) is 0 Å². The summed E-state index contributed by atoms with van der Waals surface area (Å²) in [6, 6.07) is 8.31. The van der Waals surface area contributed by atoms with Crippen molar-refractivity contribution in [2.45, 2.75) is 18.6 Å². The highest BCUT2D eigenvalue weighted by molar-refractivity contribution is 8.03. The first-order valence-electron chi connectivity index (χ1n) is 5.42. The van der Waals surface area contributed by atoms with E-state index in [0.717, 1.165) is 0 Å². The highest BCUT2D eigenvalue weighted by Crippen LogP contribution is 2.45. The maximum atomic E-state index is 11.5. The first-order valence-corrected chi connectivity index (χ1v) is 6.30. The first-order chi connectivity index (χ1) is 8.11. The molecule has 1 heterocycles. The van der Waals surface area contributed by atoms with Crippen molar-refractivity contribution in [3.05, 3.63) is 46.0 Å². The molecule has 17 heavy (non-hydrogen) atoms. The Kier molecular flexibility index (Phi) is 3.43. The average molecular weight is 249 g/mol. The molecule has 1 atom stereocenters. The van der Waals surface area contributed by atoms with Gasteiger partial charge in [0, 0.05) is 5.25 Å². The Labute approximate surface area is 105 Å². The van der Waals surface area contributed by atoms with Crippen LogP contribution in [0.4, 0.5) is 0 Å². The molecule has 1 unspecified atom stereocenters. The summed E-state index contributed by atoms with van der Waals surface area (Å²) >= 11 is 1.53. The Balaban J connectivity index is 2.15. The molecule has 0 aromatic heterocycles. The maximum Gasteiger partial charge on any atom is 0.336 e. The molecular formula is C13H15NO2S. The van der Waals surface area contributed by atoms with Gasteiger partial charge in [0.2, 0.25) is 0 Å². The number of hydrogen-bond acceptors (Lipinski definition) is 4. The van der Waals surface area contributed by atoms with Crippen molar-refractivity contribution in [2.24, 2.45) is 5.73 Å². The van der Waals surface area contributed by atoms with Gasteiger partial charge in [-0.25, -0.2) is 4.79 Å². The fourth-order valence-electron chi connectivity index (χ4n) is 1.83. The number of carbonyl (C=O) groups is 1. The fourth-order valence-corrected chi connectivity index (χ4v) is 2.98. The van der Waals surface area contributed by atoms with Crippen molar-refractivity contribution in [3.63, 3.8) is 0 Å². The molecule has 0 saturated carbocycles. The van der Waals surface area contributed by atoms with E-state index in [-0.39, 0.29) is 11.2 Å². The van der Waals surface area contributed by atoms with E-state index in [0.29, 0.717) is 17.0 Å². The molecule has 2 rings (SSSR count). The normalized spacial score (nSPS) is 19.5. The highest BCUT2D eigenvalue weighted by Gasteiger charge is 2.29. The van der Waals surface area contributed by atoms with Gasteiger partial charge in [0.1, 0.15) is 0 Å². The van der Waals surface area contributed by atoms with E-state index >= 15 is 0 Å². The van der Waals surface area contributed by atoms with Gasteiger partial charge in [0.15, 0.2) is 0 Å². The van der Waals surface area contributed by atoms with Crippen molar-refractivity contribution in [2.75, 3.05) is 7.11 Å². The van der Waals surface area contributed by atoms with Crippen molar-refractivity contribution in [3.8, 4) is 0 Å². The number of nitrogens with two attached hydrogens (primary N) is 1. The monoisotopic (exact) mass is 249 g/mol. The molecule has 0 amide bonds. The van der Waals surface area contributed by atoms with E-state index in [9.17, 15) is 4.79 Å². The Morgan fingerprint density at radius 3 is 2.65 bits per heavy atom. The molecule has 0 bridgehead atoms. The Hall–Kier alpha value is -1.42. The van der Waals surface area contributed by atoms with Crippen LogP contribution >= 0.6 is 11.8 Å². The topological polar surface area (TPSA) is 52.3 Å². The van der Waals surface area contributed by atoms with Gasteiger partial charge >= 0.3 is 5.97 Å². The van der Waals surface area contributed by atoms with Gasteiger partial charge in [-0.15, -0.1) is 0 Å². The van der Waals surface area contributed by atoms with Gasteiger partial charge in [0.25, 0.3) is 0 Å². The summed E-state index contributed by atoms with van der Waals surface area (Å²) in [7, 11) is 1.38. The molecule has 90 valence electrons. The third kappa shape index (κ3) is 2.47. The lowest BCUT2D eigenvalue weighted by atomic mass is 10.0. The van der Waals surface area contributed by atoms with Crippen LogP contribution in [-0.4, -0.2) is 13.1 Å². The van der Waals surface area contributed by atoms with Gasteiger partial charge in [-0.05, 0) is 18.9 Å². The van der Waals surface area contributed by atoms with Crippen molar-refractivity contribution in [1.29, 1.82) is 0 Å². The second-order valence-corrected chi connectivity index (χ2v) is 5.30. The second kappa shape index (κ2) is 4.84. The zero-order valence-corrected chi connectivity index (χ0v) is 10.7. The van der Waals surface area contributed by atoms with Gasteiger partial charge < -0.3 is 10.5 Å². The zero-order valence-electron chi connectivity index (χ0n) is 9.90. The number of hydrogen-bond donors (Lipinski definition) is 1. The molecule has 0 fully saturated rings. The number of methoxy groups -OCH3 is 1. The van der Waals surface area contributed by atoms with E-state index in [1.807, 2.05) is 0 Å². The third-order valence-corrected chi connectivity index (χ3v) is 4.06. The van der Waals surface area contributed by atoms with E-state index < -0.39 is 0 Å². The molecule has 1 aromatic rings. The largest absolute Gasteiger partial charge is 0.466 e. The molecule has 1 aliphatic heterocycles. The minimum absolute atomic E-state index is 0.227. The highest BCUT2D eigenvalue weighted by atomic mass is 32.2. The summed E-state index contributed by atoms with van der Waals surface area (Å²) in [6.07, 6.45) is 0.645. The number of aryl methyl sites for hydroxylation is 1. The van der Waals surface area contributed by atoms with Crippen LogP contribution in [0.2, 0.25) is 0 Å². The molecule has 1 aliphatic rings. The fraction of sp³-hybridized carbons (Fsp3) is 0.308. The van der Waals surface area contributed by atoms with E-state index in [1.54, 1.807) is 0 Å². The standard InChI is InChI=1S/C13H15NO2S/c1-8-3-5-9(6-4-8)11-7-10(12(14)17-11)13(15)16-2/h3-6,11H,7,14H2,1-2H3. The number of benzene rings is 1. The molecule has 0 aliphatic carbocycles. The lowest BCUT2D eigenvalue weighted by Crippen LogP contribution is -2.07. The summed E-state index contributed by atoms with van der Waals surface area (Å²) in [5.41, 5.74) is 8.88. The van der Waals surface area contributed by atoms with E-state index in [2.05, 4.69) is 31.2 Å². The van der Waals surface area contributed by atoms with Gasteiger partial charge in [-0.1, -0.05) is 41.6 Å². The van der Waals surface area contributed by atoms with Gasteiger partial charge in [0.05, 0.1) is 17.7 Å². The minimum atomic E-state index is -0.315. The van der Waals surface area contributed by atoms with Crippen LogP contribution in [-0.2, 0) is 9.53 Å². The number of carbonyl (C=O) groups excluding carboxylic acids is 1. The van der Waals surface area contributed by atoms with Crippen LogP contribution in [0.25, 0.3) is 0 Å². The summed E-state index contributed by atoms with van der Waals surface area (Å²) in [4.78, 5) is 11.5. The Morgan fingerprint density at radius 2 is 2.06 bits per heavy atom. The summed E-state index contributed by atoms with van der Waals surface area (Å²) in [5, 5.41) is 0.812. The lowest BCUT2D eigenvalue weighted by molar-refractivity contribution is -0.136. The molecule has 0 radical (unpaired) electrons.